The van der Waals surface area contributed by atoms with E-state index in [0.29, 0.717) is 6.04 Å². The number of rotatable bonds is 3. The number of benzene rings is 1. The molecular weight excluding hydrogens is 255 g/mol. The van der Waals surface area contributed by atoms with Gasteiger partial charge in [-0.05, 0) is 32.0 Å². The SMILES string of the molecule is CC(C)n1c(CN2CCOCC2)cc2c(F)cccc21. The summed E-state index contributed by atoms with van der Waals surface area (Å²) in [6.07, 6.45) is 0. The molecule has 20 heavy (non-hydrogen) atoms. The molecule has 0 saturated carbocycles. The average molecular weight is 276 g/mol. The monoisotopic (exact) mass is 276 g/mol. The molecule has 0 bridgehead atoms. The minimum Gasteiger partial charge on any atom is -0.379 e. The van der Waals surface area contributed by atoms with Crippen molar-refractivity contribution in [2.24, 2.45) is 0 Å². The maximum Gasteiger partial charge on any atom is 0.132 e. The molecule has 1 aliphatic heterocycles. The van der Waals surface area contributed by atoms with Crippen LogP contribution >= 0.6 is 0 Å². The molecule has 1 saturated heterocycles. The predicted molar refractivity (Wildman–Crippen MR) is 78.4 cm³/mol. The van der Waals surface area contributed by atoms with E-state index in [2.05, 4.69) is 23.3 Å². The zero-order valence-electron chi connectivity index (χ0n) is 12.1. The smallest absolute Gasteiger partial charge is 0.132 e. The van der Waals surface area contributed by atoms with Crippen molar-refractivity contribution in [1.29, 1.82) is 0 Å². The van der Waals surface area contributed by atoms with Crippen molar-refractivity contribution in [3.63, 3.8) is 0 Å². The third kappa shape index (κ3) is 2.45. The molecule has 1 aromatic carbocycles. The first-order valence-corrected chi connectivity index (χ1v) is 7.25. The average Bonchev–Trinajstić information content (AvgIpc) is 2.79. The molecule has 0 spiro atoms. The summed E-state index contributed by atoms with van der Waals surface area (Å²) < 4.78 is 21.6. The maximum atomic E-state index is 14.0. The molecule has 4 heteroatoms. The van der Waals surface area contributed by atoms with Crippen LogP contribution in [-0.2, 0) is 11.3 Å². The first-order valence-electron chi connectivity index (χ1n) is 7.25. The fraction of sp³-hybridized carbons (Fsp3) is 0.500. The molecule has 108 valence electrons. The van der Waals surface area contributed by atoms with Gasteiger partial charge in [0.05, 0.1) is 18.7 Å². The predicted octanol–water partition coefficient (Wildman–Crippen LogP) is 3.19. The number of halogens is 1. The molecule has 0 aliphatic carbocycles. The number of nitrogens with zero attached hydrogens (tertiary/aromatic N) is 2. The Kier molecular flexibility index (Phi) is 3.76. The molecule has 1 aromatic heterocycles. The van der Waals surface area contributed by atoms with E-state index in [1.54, 1.807) is 6.07 Å². The number of hydrogen-bond acceptors (Lipinski definition) is 2. The van der Waals surface area contributed by atoms with Gasteiger partial charge in [-0.2, -0.15) is 0 Å². The minimum absolute atomic E-state index is 0.134. The molecule has 0 unspecified atom stereocenters. The minimum atomic E-state index is -0.134. The largest absolute Gasteiger partial charge is 0.379 e. The Bertz CT molecular complexity index is 600. The maximum absolute atomic E-state index is 14.0. The van der Waals surface area contributed by atoms with E-state index in [9.17, 15) is 4.39 Å². The zero-order valence-corrected chi connectivity index (χ0v) is 12.1. The Hall–Kier alpha value is -1.39. The highest BCUT2D eigenvalue weighted by atomic mass is 19.1. The Labute approximate surface area is 118 Å². The van der Waals surface area contributed by atoms with E-state index in [1.165, 1.54) is 11.8 Å². The third-order valence-electron chi connectivity index (χ3n) is 3.92. The molecule has 2 aromatic rings. The van der Waals surface area contributed by atoms with Crippen LogP contribution in [0.5, 0.6) is 0 Å². The van der Waals surface area contributed by atoms with Crippen LogP contribution in [0.2, 0.25) is 0 Å². The molecular formula is C16H21FN2O. The van der Waals surface area contributed by atoms with Gasteiger partial charge in [0.15, 0.2) is 0 Å². The fourth-order valence-corrected chi connectivity index (χ4v) is 2.99. The summed E-state index contributed by atoms with van der Waals surface area (Å²) in [7, 11) is 0. The number of fused-ring (bicyclic) bond motifs is 1. The molecule has 0 atom stereocenters. The van der Waals surface area contributed by atoms with Gasteiger partial charge in [0.1, 0.15) is 5.82 Å². The highest BCUT2D eigenvalue weighted by Gasteiger charge is 2.17. The summed E-state index contributed by atoms with van der Waals surface area (Å²) in [5.41, 5.74) is 2.17. The fourth-order valence-electron chi connectivity index (χ4n) is 2.99. The van der Waals surface area contributed by atoms with Crippen LogP contribution < -0.4 is 0 Å². The van der Waals surface area contributed by atoms with Crippen molar-refractivity contribution in [3.05, 3.63) is 35.8 Å². The molecule has 1 aliphatic rings. The van der Waals surface area contributed by atoms with Crippen LogP contribution in [0.15, 0.2) is 24.3 Å². The van der Waals surface area contributed by atoms with Crippen LogP contribution in [0.1, 0.15) is 25.6 Å². The van der Waals surface area contributed by atoms with E-state index in [1.807, 2.05) is 12.1 Å². The lowest BCUT2D eigenvalue weighted by atomic mass is 10.2. The molecule has 0 amide bonds. The van der Waals surface area contributed by atoms with Gasteiger partial charge in [-0.25, -0.2) is 4.39 Å². The van der Waals surface area contributed by atoms with Crippen molar-refractivity contribution in [2.75, 3.05) is 26.3 Å². The Balaban J connectivity index is 2.00. The second-order valence-electron chi connectivity index (χ2n) is 5.66. The summed E-state index contributed by atoms with van der Waals surface area (Å²) in [5.74, 6) is -0.134. The highest BCUT2D eigenvalue weighted by Crippen LogP contribution is 2.27. The van der Waals surface area contributed by atoms with E-state index >= 15 is 0 Å². The van der Waals surface area contributed by atoms with Gasteiger partial charge in [-0.3, -0.25) is 4.90 Å². The first-order chi connectivity index (χ1) is 9.66. The molecule has 3 nitrogen and oxygen atoms in total. The highest BCUT2D eigenvalue weighted by molar-refractivity contribution is 5.82. The summed E-state index contributed by atoms with van der Waals surface area (Å²) in [6, 6.07) is 7.65. The van der Waals surface area contributed by atoms with Crippen LogP contribution in [0.3, 0.4) is 0 Å². The molecule has 0 radical (unpaired) electrons. The van der Waals surface area contributed by atoms with Crippen LogP contribution in [-0.4, -0.2) is 35.8 Å². The summed E-state index contributed by atoms with van der Waals surface area (Å²) in [5, 5.41) is 0.726. The van der Waals surface area contributed by atoms with Gasteiger partial charge in [0, 0.05) is 36.8 Å². The van der Waals surface area contributed by atoms with Gasteiger partial charge in [0.25, 0.3) is 0 Å². The molecule has 0 N–H and O–H groups in total. The van der Waals surface area contributed by atoms with Gasteiger partial charge in [0.2, 0.25) is 0 Å². The van der Waals surface area contributed by atoms with E-state index in [4.69, 9.17) is 4.74 Å². The van der Waals surface area contributed by atoms with Crippen molar-refractivity contribution in [2.45, 2.75) is 26.4 Å². The van der Waals surface area contributed by atoms with E-state index < -0.39 is 0 Å². The lowest BCUT2D eigenvalue weighted by Crippen LogP contribution is -2.36. The number of hydrogen-bond donors (Lipinski definition) is 0. The van der Waals surface area contributed by atoms with Crippen LogP contribution in [0, 0.1) is 5.82 Å². The van der Waals surface area contributed by atoms with Crippen molar-refractivity contribution >= 4 is 10.9 Å². The van der Waals surface area contributed by atoms with Gasteiger partial charge in [-0.15, -0.1) is 0 Å². The Morgan fingerprint density at radius 3 is 2.70 bits per heavy atom. The third-order valence-corrected chi connectivity index (χ3v) is 3.92. The second kappa shape index (κ2) is 5.54. The van der Waals surface area contributed by atoms with Gasteiger partial charge < -0.3 is 9.30 Å². The quantitative estimate of drug-likeness (QED) is 0.856. The zero-order chi connectivity index (χ0) is 14.1. The van der Waals surface area contributed by atoms with Crippen LogP contribution in [0.25, 0.3) is 10.9 Å². The van der Waals surface area contributed by atoms with Crippen LogP contribution in [0.4, 0.5) is 4.39 Å². The van der Waals surface area contributed by atoms with Crippen molar-refractivity contribution < 1.29 is 9.13 Å². The van der Waals surface area contributed by atoms with Crippen molar-refractivity contribution in [1.82, 2.24) is 9.47 Å². The first kappa shape index (κ1) is 13.6. The lowest BCUT2D eigenvalue weighted by molar-refractivity contribution is 0.0331. The summed E-state index contributed by atoms with van der Waals surface area (Å²) in [4.78, 5) is 2.37. The Morgan fingerprint density at radius 1 is 1.25 bits per heavy atom. The molecule has 3 rings (SSSR count). The number of morpholine rings is 1. The molecule has 1 fully saturated rings. The van der Waals surface area contributed by atoms with Gasteiger partial charge in [-0.1, -0.05) is 6.07 Å². The number of aromatic nitrogens is 1. The topological polar surface area (TPSA) is 17.4 Å². The normalized spacial score (nSPS) is 17.2. The molecule has 2 heterocycles. The standard InChI is InChI=1S/C16H21FN2O/c1-12(2)19-13(11-18-6-8-20-9-7-18)10-14-15(17)4-3-5-16(14)19/h3-5,10,12H,6-9,11H2,1-2H3. The Morgan fingerprint density at radius 2 is 2.00 bits per heavy atom. The number of ether oxygens (including phenoxy) is 1. The van der Waals surface area contributed by atoms with Crippen molar-refractivity contribution in [3.8, 4) is 0 Å². The second-order valence-corrected chi connectivity index (χ2v) is 5.66. The van der Waals surface area contributed by atoms with E-state index in [-0.39, 0.29) is 5.82 Å². The lowest BCUT2D eigenvalue weighted by Gasteiger charge is -2.27. The summed E-state index contributed by atoms with van der Waals surface area (Å²) >= 11 is 0. The summed E-state index contributed by atoms with van der Waals surface area (Å²) in [6.45, 7) is 8.62. The van der Waals surface area contributed by atoms with E-state index in [0.717, 1.165) is 43.8 Å². The van der Waals surface area contributed by atoms with Gasteiger partial charge >= 0.3 is 0 Å².